The van der Waals surface area contributed by atoms with Crippen molar-refractivity contribution in [2.75, 3.05) is 39.3 Å². The fraction of sp³-hybridized carbons (Fsp3) is 1.00. The van der Waals surface area contributed by atoms with Gasteiger partial charge in [0.25, 0.3) is 0 Å². The zero-order chi connectivity index (χ0) is 13.7. The summed E-state index contributed by atoms with van der Waals surface area (Å²) in [6.07, 6.45) is 6.87. The summed E-state index contributed by atoms with van der Waals surface area (Å²) in [6.45, 7) is 14.5. The van der Waals surface area contributed by atoms with Crippen molar-refractivity contribution in [3.05, 3.63) is 0 Å². The van der Waals surface area contributed by atoms with E-state index >= 15 is 0 Å². The van der Waals surface area contributed by atoms with Crippen LogP contribution in [0.15, 0.2) is 0 Å². The minimum absolute atomic E-state index is 0.298. The highest BCUT2D eigenvalue weighted by atomic mass is 15.3. The molecular weight excluding hydrogens is 234 g/mol. The molecule has 2 saturated heterocycles. The van der Waals surface area contributed by atoms with Crippen molar-refractivity contribution in [2.45, 2.75) is 64.5 Å². The minimum Gasteiger partial charge on any atom is -0.311 e. The van der Waals surface area contributed by atoms with Crippen LogP contribution in [0.25, 0.3) is 0 Å². The van der Waals surface area contributed by atoms with Crippen LogP contribution < -0.4 is 5.32 Å². The van der Waals surface area contributed by atoms with Gasteiger partial charge in [-0.05, 0) is 59.2 Å². The average molecular weight is 267 g/mol. The maximum absolute atomic E-state index is 3.67. The number of hydrogen-bond donors (Lipinski definition) is 1. The van der Waals surface area contributed by atoms with E-state index in [2.05, 4.69) is 35.9 Å². The van der Waals surface area contributed by atoms with Gasteiger partial charge in [0, 0.05) is 31.2 Å². The minimum atomic E-state index is 0.298. The highest BCUT2D eigenvalue weighted by Gasteiger charge is 2.28. The first kappa shape index (κ1) is 15.3. The molecule has 0 spiro atoms. The molecule has 2 rings (SSSR count). The highest BCUT2D eigenvalue weighted by molar-refractivity contribution is 4.85. The lowest BCUT2D eigenvalue weighted by Gasteiger charge is -2.32. The number of likely N-dealkylation sites (tertiary alicyclic amines) is 2. The smallest absolute Gasteiger partial charge is 0.0235 e. The van der Waals surface area contributed by atoms with Gasteiger partial charge in [-0.25, -0.2) is 0 Å². The summed E-state index contributed by atoms with van der Waals surface area (Å²) in [4.78, 5) is 5.39. The monoisotopic (exact) mass is 267 g/mol. The zero-order valence-corrected chi connectivity index (χ0v) is 13.2. The molecule has 0 aromatic rings. The van der Waals surface area contributed by atoms with Gasteiger partial charge in [-0.2, -0.15) is 0 Å². The fourth-order valence-corrected chi connectivity index (χ4v) is 3.27. The molecule has 1 atom stereocenters. The lowest BCUT2D eigenvalue weighted by Crippen LogP contribution is -2.44. The van der Waals surface area contributed by atoms with E-state index in [1.54, 1.807) is 0 Å². The Morgan fingerprint density at radius 1 is 1.11 bits per heavy atom. The molecule has 112 valence electrons. The summed E-state index contributed by atoms with van der Waals surface area (Å²) in [5, 5.41) is 3.67. The standard InChI is InChI=1S/C16H33N3/c1-4-16(2,3)17-9-13-18-12-8-15(14-18)19-10-6-5-7-11-19/h15,17H,4-14H2,1-3H3. The molecule has 2 fully saturated rings. The molecule has 0 amide bonds. The third-order valence-electron chi connectivity index (χ3n) is 5.07. The van der Waals surface area contributed by atoms with Crippen LogP contribution in [-0.4, -0.2) is 60.6 Å². The van der Waals surface area contributed by atoms with E-state index in [1.807, 2.05) is 0 Å². The number of rotatable bonds is 6. The summed E-state index contributed by atoms with van der Waals surface area (Å²) < 4.78 is 0. The molecule has 2 aliphatic heterocycles. The predicted molar refractivity (Wildman–Crippen MR) is 82.6 cm³/mol. The molecule has 1 unspecified atom stereocenters. The summed E-state index contributed by atoms with van der Waals surface area (Å²) >= 11 is 0. The Labute approximate surface area is 119 Å². The third kappa shape index (κ3) is 4.73. The Morgan fingerprint density at radius 3 is 2.53 bits per heavy atom. The van der Waals surface area contributed by atoms with Crippen molar-refractivity contribution >= 4 is 0 Å². The Hall–Kier alpha value is -0.120. The van der Waals surface area contributed by atoms with Gasteiger partial charge < -0.3 is 10.2 Å². The number of piperidine rings is 1. The lowest BCUT2D eigenvalue weighted by molar-refractivity contribution is 0.161. The van der Waals surface area contributed by atoms with E-state index < -0.39 is 0 Å². The predicted octanol–water partition coefficient (Wildman–Crippen LogP) is 2.32. The molecule has 0 radical (unpaired) electrons. The first-order chi connectivity index (χ1) is 9.11. The van der Waals surface area contributed by atoms with Crippen LogP contribution in [0.1, 0.15) is 52.9 Å². The largest absolute Gasteiger partial charge is 0.311 e. The zero-order valence-electron chi connectivity index (χ0n) is 13.2. The molecule has 0 aliphatic carbocycles. The maximum Gasteiger partial charge on any atom is 0.0235 e. The van der Waals surface area contributed by atoms with Gasteiger partial charge >= 0.3 is 0 Å². The molecule has 2 aliphatic rings. The number of nitrogens with zero attached hydrogens (tertiary/aromatic N) is 2. The van der Waals surface area contributed by atoms with Crippen LogP contribution in [0, 0.1) is 0 Å². The lowest BCUT2D eigenvalue weighted by atomic mass is 10.0. The molecule has 0 aromatic carbocycles. The van der Waals surface area contributed by atoms with Crippen molar-refractivity contribution in [1.29, 1.82) is 0 Å². The summed E-state index contributed by atoms with van der Waals surface area (Å²) in [6, 6.07) is 0.847. The molecule has 0 aromatic heterocycles. The van der Waals surface area contributed by atoms with Crippen LogP contribution in [-0.2, 0) is 0 Å². The van der Waals surface area contributed by atoms with Crippen LogP contribution in [0.4, 0.5) is 0 Å². The Kier molecular flexibility index (Phi) is 5.67. The number of nitrogens with one attached hydrogen (secondary N) is 1. The first-order valence-electron chi connectivity index (χ1n) is 8.32. The molecule has 3 heteroatoms. The summed E-state index contributed by atoms with van der Waals surface area (Å²) in [5.41, 5.74) is 0.298. The summed E-state index contributed by atoms with van der Waals surface area (Å²) in [5.74, 6) is 0. The molecule has 0 bridgehead atoms. The van der Waals surface area contributed by atoms with Crippen molar-refractivity contribution in [2.24, 2.45) is 0 Å². The average Bonchev–Trinajstić information content (AvgIpc) is 2.88. The van der Waals surface area contributed by atoms with Crippen molar-refractivity contribution < 1.29 is 0 Å². The Bertz CT molecular complexity index is 259. The Balaban J connectivity index is 1.64. The van der Waals surface area contributed by atoms with E-state index in [0.29, 0.717) is 5.54 Å². The number of hydrogen-bond acceptors (Lipinski definition) is 3. The second kappa shape index (κ2) is 7.05. The Morgan fingerprint density at radius 2 is 1.84 bits per heavy atom. The molecule has 3 nitrogen and oxygen atoms in total. The van der Waals surface area contributed by atoms with Gasteiger partial charge in [-0.1, -0.05) is 13.3 Å². The van der Waals surface area contributed by atoms with Crippen molar-refractivity contribution in [3.8, 4) is 0 Å². The van der Waals surface area contributed by atoms with Gasteiger partial charge in [0.05, 0.1) is 0 Å². The van der Waals surface area contributed by atoms with Crippen molar-refractivity contribution in [3.63, 3.8) is 0 Å². The van der Waals surface area contributed by atoms with Crippen LogP contribution in [0.3, 0.4) is 0 Å². The van der Waals surface area contributed by atoms with Crippen LogP contribution >= 0.6 is 0 Å². The van der Waals surface area contributed by atoms with Gasteiger partial charge in [0.2, 0.25) is 0 Å². The molecule has 2 heterocycles. The van der Waals surface area contributed by atoms with Crippen molar-refractivity contribution in [1.82, 2.24) is 15.1 Å². The first-order valence-corrected chi connectivity index (χ1v) is 8.32. The summed E-state index contributed by atoms with van der Waals surface area (Å²) in [7, 11) is 0. The topological polar surface area (TPSA) is 18.5 Å². The molecule has 0 saturated carbocycles. The van der Waals surface area contributed by atoms with Crippen LogP contribution in [0.2, 0.25) is 0 Å². The normalized spacial score (nSPS) is 27.0. The molecule has 1 N–H and O–H groups in total. The van der Waals surface area contributed by atoms with Crippen LogP contribution in [0.5, 0.6) is 0 Å². The quantitative estimate of drug-likeness (QED) is 0.797. The molecule has 19 heavy (non-hydrogen) atoms. The van der Waals surface area contributed by atoms with Gasteiger partial charge in [0.15, 0.2) is 0 Å². The molecular formula is C16H33N3. The van der Waals surface area contributed by atoms with Gasteiger partial charge in [-0.15, -0.1) is 0 Å². The third-order valence-corrected chi connectivity index (χ3v) is 5.07. The van der Waals surface area contributed by atoms with E-state index in [4.69, 9.17) is 0 Å². The van der Waals surface area contributed by atoms with E-state index in [9.17, 15) is 0 Å². The van der Waals surface area contributed by atoms with E-state index in [1.165, 1.54) is 64.8 Å². The van der Waals surface area contributed by atoms with Gasteiger partial charge in [-0.3, -0.25) is 4.90 Å². The van der Waals surface area contributed by atoms with Gasteiger partial charge in [0.1, 0.15) is 0 Å². The highest BCUT2D eigenvalue weighted by Crippen LogP contribution is 2.19. The maximum atomic E-state index is 3.67. The fourth-order valence-electron chi connectivity index (χ4n) is 3.27. The SMILES string of the molecule is CCC(C)(C)NCCN1CCC(N2CCCCC2)C1. The van der Waals surface area contributed by atoms with E-state index in [-0.39, 0.29) is 0 Å². The second-order valence-electron chi connectivity index (χ2n) is 7.00. The van der Waals surface area contributed by atoms with E-state index in [0.717, 1.165) is 12.6 Å². The second-order valence-corrected chi connectivity index (χ2v) is 7.00.